The first-order valence-electron chi connectivity index (χ1n) is 8.04. The first-order chi connectivity index (χ1) is 11.9. The maximum atomic E-state index is 12.5. The molecule has 2 N–H and O–H groups in total. The van der Waals surface area contributed by atoms with Gasteiger partial charge in [0.25, 0.3) is 5.56 Å². The second kappa shape index (κ2) is 7.14. The topological polar surface area (TPSA) is 89.3 Å². The van der Waals surface area contributed by atoms with Gasteiger partial charge in [0, 0.05) is 48.1 Å². The number of benzene rings is 1. The first-order valence-corrected chi connectivity index (χ1v) is 8.42. The van der Waals surface area contributed by atoms with Crippen molar-refractivity contribution in [1.82, 2.24) is 14.9 Å². The molecule has 0 atom stereocenters. The number of nitrogens with one attached hydrogen (secondary N) is 2. The molecule has 0 radical (unpaired) electrons. The number of aromatic amines is 2. The Morgan fingerprint density at radius 3 is 2.52 bits per heavy atom. The van der Waals surface area contributed by atoms with Crippen LogP contribution in [0.15, 0.2) is 33.9 Å². The fourth-order valence-corrected chi connectivity index (χ4v) is 3.17. The number of halogens is 1. The number of anilines is 1. The Hall–Kier alpha value is -2.54. The van der Waals surface area contributed by atoms with Crippen LogP contribution in [0.5, 0.6) is 0 Å². The highest BCUT2D eigenvalue weighted by atomic mass is 35.5. The van der Waals surface area contributed by atoms with Gasteiger partial charge in [-0.25, -0.2) is 4.79 Å². The lowest BCUT2D eigenvalue weighted by atomic mass is 10.1. The average molecular weight is 363 g/mol. The number of amides is 1. The molecule has 1 aromatic carbocycles. The lowest BCUT2D eigenvalue weighted by molar-refractivity contribution is -0.130. The molecule has 1 amide bonds. The molecule has 1 aliphatic heterocycles. The van der Waals surface area contributed by atoms with Crippen molar-refractivity contribution in [3.63, 3.8) is 0 Å². The molecule has 2 heterocycles. The van der Waals surface area contributed by atoms with E-state index < -0.39 is 11.2 Å². The molecule has 0 unspecified atom stereocenters. The van der Waals surface area contributed by atoms with Crippen molar-refractivity contribution in [3.05, 3.63) is 61.4 Å². The van der Waals surface area contributed by atoms with E-state index in [0.717, 1.165) is 5.69 Å². The van der Waals surface area contributed by atoms with E-state index in [1.54, 1.807) is 11.8 Å². The number of rotatable bonds is 3. The Labute approximate surface area is 149 Å². The zero-order valence-corrected chi connectivity index (χ0v) is 14.6. The Morgan fingerprint density at radius 1 is 1.16 bits per heavy atom. The third kappa shape index (κ3) is 3.93. The number of piperazine rings is 1. The van der Waals surface area contributed by atoms with Crippen molar-refractivity contribution in [2.24, 2.45) is 0 Å². The van der Waals surface area contributed by atoms with Crippen molar-refractivity contribution in [1.29, 1.82) is 0 Å². The summed E-state index contributed by atoms with van der Waals surface area (Å²) in [6.45, 7) is 4.17. The second-order valence-electron chi connectivity index (χ2n) is 6.04. The molecule has 7 nitrogen and oxygen atoms in total. The van der Waals surface area contributed by atoms with Gasteiger partial charge in [-0.3, -0.25) is 14.6 Å². The molecule has 3 rings (SSSR count). The van der Waals surface area contributed by atoms with Gasteiger partial charge in [-0.15, -0.1) is 0 Å². The van der Waals surface area contributed by atoms with E-state index in [9.17, 15) is 14.4 Å². The molecule has 1 saturated heterocycles. The van der Waals surface area contributed by atoms with E-state index in [1.165, 1.54) is 0 Å². The zero-order chi connectivity index (χ0) is 18.0. The fourth-order valence-electron chi connectivity index (χ4n) is 2.99. The Morgan fingerprint density at radius 2 is 1.88 bits per heavy atom. The molecular weight excluding hydrogens is 344 g/mol. The standard InChI is InChI=1S/C17H19ClN4O3/c1-11-14(16(24)20-17(25)19-11)10-15(23)22-7-5-21(6-8-22)13-4-2-3-12(18)9-13/h2-4,9H,5-8,10H2,1H3,(H2,19,20,24,25). The monoisotopic (exact) mass is 362 g/mol. The average Bonchev–Trinajstić information content (AvgIpc) is 2.58. The molecule has 1 aromatic heterocycles. The molecular formula is C17H19ClN4O3. The highest BCUT2D eigenvalue weighted by Crippen LogP contribution is 2.20. The lowest BCUT2D eigenvalue weighted by Gasteiger charge is -2.36. The number of hydrogen-bond donors (Lipinski definition) is 2. The number of aromatic nitrogens is 2. The Balaban J connectivity index is 1.64. The van der Waals surface area contributed by atoms with E-state index in [2.05, 4.69) is 14.9 Å². The van der Waals surface area contributed by atoms with Gasteiger partial charge >= 0.3 is 5.69 Å². The van der Waals surface area contributed by atoms with Crippen LogP contribution in [0.4, 0.5) is 5.69 Å². The normalized spacial score (nSPS) is 14.6. The van der Waals surface area contributed by atoms with Gasteiger partial charge in [0.05, 0.1) is 6.42 Å². The highest BCUT2D eigenvalue weighted by Gasteiger charge is 2.23. The maximum Gasteiger partial charge on any atom is 0.325 e. The van der Waals surface area contributed by atoms with E-state index in [1.807, 2.05) is 24.3 Å². The maximum absolute atomic E-state index is 12.5. The first kappa shape index (κ1) is 17.3. The third-order valence-corrected chi connectivity index (χ3v) is 4.62. The minimum absolute atomic E-state index is 0.0187. The van der Waals surface area contributed by atoms with Crippen LogP contribution in [0.3, 0.4) is 0 Å². The van der Waals surface area contributed by atoms with Gasteiger partial charge in [-0.1, -0.05) is 17.7 Å². The van der Waals surface area contributed by atoms with E-state index >= 15 is 0 Å². The summed E-state index contributed by atoms with van der Waals surface area (Å²) in [5, 5.41) is 0.684. The van der Waals surface area contributed by atoms with Crippen LogP contribution in [0.1, 0.15) is 11.3 Å². The summed E-state index contributed by atoms with van der Waals surface area (Å²) < 4.78 is 0. The number of aryl methyl sites for hydroxylation is 1. The molecule has 25 heavy (non-hydrogen) atoms. The molecule has 0 aliphatic carbocycles. The van der Waals surface area contributed by atoms with E-state index in [0.29, 0.717) is 42.5 Å². The molecule has 1 fully saturated rings. The Bertz CT molecular complexity index is 897. The fraction of sp³-hybridized carbons (Fsp3) is 0.353. The zero-order valence-electron chi connectivity index (χ0n) is 13.8. The minimum Gasteiger partial charge on any atom is -0.368 e. The van der Waals surface area contributed by atoms with Crippen LogP contribution in [-0.2, 0) is 11.2 Å². The van der Waals surface area contributed by atoms with Crippen LogP contribution < -0.4 is 16.1 Å². The van der Waals surface area contributed by atoms with Gasteiger partial charge < -0.3 is 14.8 Å². The number of H-pyrrole nitrogens is 2. The molecule has 0 bridgehead atoms. The molecule has 8 heteroatoms. The van der Waals surface area contributed by atoms with E-state index in [4.69, 9.17) is 11.6 Å². The predicted octanol–water partition coefficient (Wildman–Crippen LogP) is 0.916. The smallest absolute Gasteiger partial charge is 0.325 e. The summed E-state index contributed by atoms with van der Waals surface area (Å²) >= 11 is 6.03. The molecule has 2 aromatic rings. The van der Waals surface area contributed by atoms with Crippen LogP contribution in [0.25, 0.3) is 0 Å². The summed E-state index contributed by atoms with van der Waals surface area (Å²) in [5.74, 6) is -0.119. The predicted molar refractivity (Wildman–Crippen MR) is 96.4 cm³/mol. The molecule has 1 aliphatic rings. The summed E-state index contributed by atoms with van der Waals surface area (Å²) in [6, 6.07) is 7.63. The third-order valence-electron chi connectivity index (χ3n) is 4.39. The number of carbonyl (C=O) groups is 1. The summed E-state index contributed by atoms with van der Waals surface area (Å²) in [5.41, 5.74) is 0.704. The van der Waals surface area contributed by atoms with Crippen molar-refractivity contribution >= 4 is 23.2 Å². The number of hydrogen-bond acceptors (Lipinski definition) is 4. The Kier molecular flexibility index (Phi) is 4.94. The summed E-state index contributed by atoms with van der Waals surface area (Å²) in [7, 11) is 0. The second-order valence-corrected chi connectivity index (χ2v) is 6.47. The molecule has 0 saturated carbocycles. The van der Waals surface area contributed by atoms with Crippen LogP contribution >= 0.6 is 11.6 Å². The van der Waals surface area contributed by atoms with Gasteiger partial charge in [-0.2, -0.15) is 0 Å². The van der Waals surface area contributed by atoms with Gasteiger partial charge in [0.2, 0.25) is 5.91 Å². The van der Waals surface area contributed by atoms with Crippen molar-refractivity contribution < 1.29 is 4.79 Å². The van der Waals surface area contributed by atoms with Gasteiger partial charge in [0.1, 0.15) is 0 Å². The van der Waals surface area contributed by atoms with Crippen LogP contribution in [0, 0.1) is 6.92 Å². The lowest BCUT2D eigenvalue weighted by Crippen LogP contribution is -2.49. The molecule has 0 spiro atoms. The number of carbonyl (C=O) groups excluding carboxylic acids is 1. The van der Waals surface area contributed by atoms with Crippen LogP contribution in [0.2, 0.25) is 5.02 Å². The SMILES string of the molecule is Cc1[nH]c(=O)[nH]c(=O)c1CC(=O)N1CCN(c2cccc(Cl)c2)CC1. The quantitative estimate of drug-likeness (QED) is 0.849. The summed E-state index contributed by atoms with van der Waals surface area (Å²) in [6.07, 6.45) is -0.0187. The van der Waals surface area contributed by atoms with Crippen molar-refractivity contribution in [3.8, 4) is 0 Å². The van der Waals surface area contributed by atoms with Gasteiger partial charge in [0.15, 0.2) is 0 Å². The van der Waals surface area contributed by atoms with Crippen molar-refractivity contribution in [2.45, 2.75) is 13.3 Å². The molecule has 132 valence electrons. The van der Waals surface area contributed by atoms with E-state index in [-0.39, 0.29) is 12.3 Å². The minimum atomic E-state index is -0.561. The van der Waals surface area contributed by atoms with Gasteiger partial charge in [-0.05, 0) is 25.1 Å². The van der Waals surface area contributed by atoms with Crippen molar-refractivity contribution in [2.75, 3.05) is 31.1 Å². The van der Waals surface area contributed by atoms with Crippen LogP contribution in [-0.4, -0.2) is 47.0 Å². The number of nitrogens with zero attached hydrogens (tertiary/aromatic N) is 2. The largest absolute Gasteiger partial charge is 0.368 e. The summed E-state index contributed by atoms with van der Waals surface area (Å²) in [4.78, 5) is 44.2. The highest BCUT2D eigenvalue weighted by molar-refractivity contribution is 6.30.